The molecule has 0 saturated heterocycles. The van der Waals surface area contributed by atoms with Crippen LogP contribution in [0, 0.1) is 0 Å². The third-order valence-corrected chi connectivity index (χ3v) is 4.69. The van der Waals surface area contributed by atoms with Gasteiger partial charge in [-0.2, -0.15) is 0 Å². The molecule has 0 spiro atoms. The van der Waals surface area contributed by atoms with Crippen LogP contribution in [0.1, 0.15) is 17.5 Å². The molecule has 2 rings (SSSR count). The number of aromatic nitrogens is 1. The summed E-state index contributed by atoms with van der Waals surface area (Å²) < 4.78 is 2.97. The summed E-state index contributed by atoms with van der Waals surface area (Å²) in [6.45, 7) is 4.54. The van der Waals surface area contributed by atoms with Crippen molar-refractivity contribution in [2.24, 2.45) is 12.0 Å². The van der Waals surface area contributed by atoms with Gasteiger partial charge in [-0.1, -0.05) is 11.6 Å². The number of guanidine groups is 1. The van der Waals surface area contributed by atoms with Crippen LogP contribution in [0.25, 0.3) is 0 Å². The standard InChI is InChI=1S/C16H23ClN4S.HI/c1-4-18-16(19-10-9-14-7-8-15(17)22-14)21(3)12-13-6-5-11-20(13)2;/h5-8,11H,4,9-10,12H2,1-3H3,(H,18,19);1H. The first-order valence-electron chi connectivity index (χ1n) is 7.44. The van der Waals surface area contributed by atoms with Crippen LogP contribution in [0.2, 0.25) is 4.34 Å². The maximum absolute atomic E-state index is 5.96. The summed E-state index contributed by atoms with van der Waals surface area (Å²) in [5.74, 6) is 0.936. The Morgan fingerprint density at radius 3 is 2.74 bits per heavy atom. The lowest BCUT2D eigenvalue weighted by Crippen LogP contribution is -2.39. The molecule has 0 fully saturated rings. The minimum atomic E-state index is 0. The molecule has 7 heteroatoms. The van der Waals surface area contributed by atoms with Crippen LogP contribution in [0.4, 0.5) is 0 Å². The van der Waals surface area contributed by atoms with Crippen LogP contribution in [-0.2, 0) is 20.0 Å². The van der Waals surface area contributed by atoms with Gasteiger partial charge in [0.15, 0.2) is 5.96 Å². The van der Waals surface area contributed by atoms with E-state index in [2.05, 4.69) is 60.2 Å². The number of aryl methyl sites for hydroxylation is 1. The second-order valence-corrected chi connectivity index (χ2v) is 6.96. The van der Waals surface area contributed by atoms with E-state index >= 15 is 0 Å². The van der Waals surface area contributed by atoms with Crippen LogP contribution >= 0.6 is 46.9 Å². The highest BCUT2D eigenvalue weighted by molar-refractivity contribution is 14.0. The SMILES string of the molecule is CCNC(=NCCc1ccc(Cl)s1)N(C)Cc1cccn1C.I. The van der Waals surface area contributed by atoms with Gasteiger partial charge in [-0.3, -0.25) is 4.99 Å². The normalized spacial score (nSPS) is 11.2. The highest BCUT2D eigenvalue weighted by Crippen LogP contribution is 2.21. The third-order valence-electron chi connectivity index (χ3n) is 3.40. The Balaban J connectivity index is 0.00000264. The molecule has 128 valence electrons. The fourth-order valence-electron chi connectivity index (χ4n) is 2.21. The van der Waals surface area contributed by atoms with Crippen molar-refractivity contribution in [3.8, 4) is 0 Å². The van der Waals surface area contributed by atoms with Gasteiger partial charge in [-0.05, 0) is 31.2 Å². The molecule has 0 atom stereocenters. The van der Waals surface area contributed by atoms with Crippen molar-refractivity contribution >= 4 is 52.9 Å². The second kappa shape index (κ2) is 10.2. The van der Waals surface area contributed by atoms with Gasteiger partial charge in [0.25, 0.3) is 0 Å². The number of thiophene rings is 1. The number of halogens is 2. The Bertz CT molecular complexity index is 623. The van der Waals surface area contributed by atoms with Gasteiger partial charge in [-0.25, -0.2) is 0 Å². The van der Waals surface area contributed by atoms with Crippen molar-refractivity contribution in [1.29, 1.82) is 0 Å². The lowest BCUT2D eigenvalue weighted by molar-refractivity contribution is 0.462. The monoisotopic (exact) mass is 466 g/mol. The molecule has 2 heterocycles. The molecule has 0 radical (unpaired) electrons. The van der Waals surface area contributed by atoms with E-state index in [1.54, 1.807) is 11.3 Å². The topological polar surface area (TPSA) is 32.6 Å². The van der Waals surface area contributed by atoms with Crippen LogP contribution in [-0.4, -0.2) is 35.6 Å². The highest BCUT2D eigenvalue weighted by atomic mass is 127. The Hall–Kier alpha value is -0.730. The van der Waals surface area contributed by atoms with Crippen molar-refractivity contribution < 1.29 is 0 Å². The Labute approximate surface area is 164 Å². The van der Waals surface area contributed by atoms with Crippen molar-refractivity contribution in [3.05, 3.63) is 45.4 Å². The quantitative estimate of drug-likeness (QED) is 0.396. The van der Waals surface area contributed by atoms with E-state index in [0.717, 1.165) is 36.4 Å². The maximum atomic E-state index is 5.96. The van der Waals surface area contributed by atoms with Crippen molar-refractivity contribution in [2.45, 2.75) is 19.9 Å². The van der Waals surface area contributed by atoms with Crippen LogP contribution in [0.3, 0.4) is 0 Å². The number of aliphatic imine (C=N–C) groups is 1. The summed E-state index contributed by atoms with van der Waals surface area (Å²) in [7, 11) is 4.13. The van der Waals surface area contributed by atoms with E-state index in [-0.39, 0.29) is 24.0 Å². The molecule has 23 heavy (non-hydrogen) atoms. The molecule has 0 aromatic carbocycles. The fourth-order valence-corrected chi connectivity index (χ4v) is 3.28. The number of nitrogens with one attached hydrogen (secondary N) is 1. The first-order valence-corrected chi connectivity index (χ1v) is 8.63. The molecular formula is C16H24ClIN4S. The molecule has 2 aromatic heterocycles. The van der Waals surface area contributed by atoms with Crippen molar-refractivity contribution in [2.75, 3.05) is 20.1 Å². The average molecular weight is 467 g/mol. The predicted molar refractivity (Wildman–Crippen MR) is 111 cm³/mol. The molecule has 0 unspecified atom stereocenters. The van der Waals surface area contributed by atoms with Gasteiger partial charge in [0.1, 0.15) is 0 Å². The zero-order valence-corrected chi connectivity index (χ0v) is 17.7. The molecule has 0 amide bonds. The molecular weight excluding hydrogens is 443 g/mol. The summed E-state index contributed by atoms with van der Waals surface area (Å²) >= 11 is 7.58. The van der Waals surface area contributed by atoms with Crippen LogP contribution in [0.15, 0.2) is 35.5 Å². The molecule has 0 bridgehead atoms. The molecule has 2 aromatic rings. The minimum Gasteiger partial charge on any atom is -0.357 e. The molecule has 0 saturated carbocycles. The van der Waals surface area contributed by atoms with Crippen LogP contribution in [0.5, 0.6) is 0 Å². The Morgan fingerprint density at radius 1 is 1.39 bits per heavy atom. The smallest absolute Gasteiger partial charge is 0.194 e. The van der Waals surface area contributed by atoms with Crippen molar-refractivity contribution in [1.82, 2.24) is 14.8 Å². The first kappa shape index (κ1) is 20.3. The minimum absolute atomic E-state index is 0. The summed E-state index contributed by atoms with van der Waals surface area (Å²) in [5, 5.41) is 3.35. The molecule has 0 aliphatic heterocycles. The lowest BCUT2D eigenvalue weighted by atomic mass is 10.3. The second-order valence-electron chi connectivity index (χ2n) is 5.16. The highest BCUT2D eigenvalue weighted by Gasteiger charge is 2.08. The Morgan fingerprint density at radius 2 is 2.17 bits per heavy atom. The zero-order chi connectivity index (χ0) is 15.9. The first-order chi connectivity index (χ1) is 10.6. The third kappa shape index (κ3) is 6.35. The van der Waals surface area contributed by atoms with E-state index in [1.165, 1.54) is 10.6 Å². The fraction of sp³-hybridized carbons (Fsp3) is 0.438. The lowest BCUT2D eigenvalue weighted by Gasteiger charge is -2.22. The van der Waals surface area contributed by atoms with E-state index < -0.39 is 0 Å². The van der Waals surface area contributed by atoms with Gasteiger partial charge >= 0.3 is 0 Å². The predicted octanol–water partition coefficient (Wildman–Crippen LogP) is 4.00. The molecule has 0 aliphatic rings. The number of hydrogen-bond donors (Lipinski definition) is 1. The van der Waals surface area contributed by atoms with Gasteiger partial charge in [-0.15, -0.1) is 35.3 Å². The van der Waals surface area contributed by atoms with E-state index in [0.29, 0.717) is 0 Å². The zero-order valence-electron chi connectivity index (χ0n) is 13.8. The summed E-state index contributed by atoms with van der Waals surface area (Å²) in [5.41, 5.74) is 1.26. The van der Waals surface area contributed by atoms with E-state index in [4.69, 9.17) is 16.6 Å². The number of hydrogen-bond acceptors (Lipinski definition) is 2. The van der Waals surface area contributed by atoms with E-state index in [9.17, 15) is 0 Å². The van der Waals surface area contributed by atoms with E-state index in [1.807, 2.05) is 6.07 Å². The average Bonchev–Trinajstić information content (AvgIpc) is 3.07. The van der Waals surface area contributed by atoms with Crippen LogP contribution < -0.4 is 5.32 Å². The number of nitrogens with zero attached hydrogens (tertiary/aromatic N) is 3. The van der Waals surface area contributed by atoms with Gasteiger partial charge in [0, 0.05) is 50.4 Å². The molecule has 0 aliphatic carbocycles. The number of rotatable bonds is 6. The molecule has 1 N–H and O–H groups in total. The summed E-state index contributed by atoms with van der Waals surface area (Å²) in [6, 6.07) is 8.21. The summed E-state index contributed by atoms with van der Waals surface area (Å²) in [6.07, 6.45) is 2.98. The van der Waals surface area contributed by atoms with Gasteiger partial charge < -0.3 is 14.8 Å². The molecule has 4 nitrogen and oxygen atoms in total. The maximum Gasteiger partial charge on any atom is 0.194 e. The largest absolute Gasteiger partial charge is 0.357 e. The summed E-state index contributed by atoms with van der Waals surface area (Å²) in [4.78, 5) is 8.14. The van der Waals surface area contributed by atoms with Gasteiger partial charge in [0.05, 0.1) is 10.9 Å². The Kier molecular flexibility index (Phi) is 9.01. The van der Waals surface area contributed by atoms with Gasteiger partial charge in [0.2, 0.25) is 0 Å². The van der Waals surface area contributed by atoms with Crippen molar-refractivity contribution in [3.63, 3.8) is 0 Å².